The third kappa shape index (κ3) is 7.82. The highest BCUT2D eigenvalue weighted by Crippen LogP contribution is 2.33. The van der Waals surface area contributed by atoms with Gasteiger partial charge in [-0.3, -0.25) is 4.79 Å². The summed E-state index contributed by atoms with van der Waals surface area (Å²) in [5.74, 6) is 1.05. The molecule has 1 amide bonds. The van der Waals surface area contributed by atoms with Crippen molar-refractivity contribution in [3.63, 3.8) is 0 Å². The number of carbonyl (C=O) groups excluding carboxylic acids is 2. The van der Waals surface area contributed by atoms with Crippen molar-refractivity contribution >= 4 is 34.0 Å². The predicted octanol–water partition coefficient (Wildman–Crippen LogP) is 6.13. The minimum Gasteiger partial charge on any atom is -0.490 e. The summed E-state index contributed by atoms with van der Waals surface area (Å²) in [6, 6.07) is 18.5. The summed E-state index contributed by atoms with van der Waals surface area (Å²) in [4.78, 5) is 24.2. The molecule has 42 heavy (non-hydrogen) atoms. The average Bonchev–Trinajstić information content (AvgIpc) is 3.59. The Hall–Kier alpha value is -4.51. The Morgan fingerprint density at radius 2 is 1.64 bits per heavy atom. The number of hydrogen-bond donors (Lipinski definition) is 1. The third-order valence-corrected chi connectivity index (χ3v) is 6.70. The summed E-state index contributed by atoms with van der Waals surface area (Å²) in [6.07, 6.45) is 1.45. The van der Waals surface area contributed by atoms with E-state index in [1.54, 1.807) is 31.2 Å². The van der Waals surface area contributed by atoms with Gasteiger partial charge in [-0.05, 0) is 104 Å². The van der Waals surface area contributed by atoms with Crippen LogP contribution in [0.2, 0.25) is 0 Å². The van der Waals surface area contributed by atoms with Crippen molar-refractivity contribution in [3.8, 4) is 22.9 Å². The lowest BCUT2D eigenvalue weighted by molar-refractivity contribution is -0.145. The van der Waals surface area contributed by atoms with Gasteiger partial charge in [0, 0.05) is 27.1 Å². The lowest BCUT2D eigenvalue weighted by atomic mass is 10.2. The first-order valence-corrected chi connectivity index (χ1v) is 14.1. The molecule has 0 atom stereocenters. The fourth-order valence-electron chi connectivity index (χ4n) is 4.08. The van der Waals surface area contributed by atoms with Gasteiger partial charge in [-0.25, -0.2) is 10.2 Å². The van der Waals surface area contributed by atoms with E-state index < -0.39 is 11.9 Å². The molecule has 2 aromatic heterocycles. The molecule has 10 nitrogen and oxygen atoms in total. The van der Waals surface area contributed by atoms with Crippen LogP contribution in [0.25, 0.3) is 5.69 Å². The molecular formula is C31H32BrN3O7. The fraction of sp³-hybridized carbons (Fsp3) is 0.258. The van der Waals surface area contributed by atoms with Gasteiger partial charge in [0.2, 0.25) is 0 Å². The quantitative estimate of drug-likeness (QED) is 0.106. The van der Waals surface area contributed by atoms with Gasteiger partial charge in [-0.15, -0.1) is 0 Å². The van der Waals surface area contributed by atoms with E-state index in [-0.39, 0.29) is 25.6 Å². The Morgan fingerprint density at radius 1 is 0.929 bits per heavy atom. The van der Waals surface area contributed by atoms with Crippen molar-refractivity contribution in [2.24, 2.45) is 5.10 Å². The third-order valence-electron chi connectivity index (χ3n) is 6.02. The number of hydrogen-bond acceptors (Lipinski definition) is 8. The van der Waals surface area contributed by atoms with E-state index in [9.17, 15) is 9.59 Å². The molecule has 0 bridgehead atoms. The number of benzene rings is 2. The average molecular weight is 639 g/mol. The van der Waals surface area contributed by atoms with Crippen LogP contribution in [0.1, 0.15) is 47.1 Å². The van der Waals surface area contributed by atoms with Crippen LogP contribution >= 0.6 is 15.9 Å². The van der Waals surface area contributed by atoms with E-state index in [1.165, 1.54) is 6.21 Å². The number of aryl methyl sites for hydroxylation is 2. The Labute approximate surface area is 252 Å². The number of nitrogens with zero attached hydrogens (tertiary/aromatic N) is 2. The number of nitrogens with one attached hydrogen (secondary N) is 1. The molecule has 0 aliphatic carbocycles. The van der Waals surface area contributed by atoms with Crippen LogP contribution in [-0.2, 0) is 16.1 Å². The summed E-state index contributed by atoms with van der Waals surface area (Å²) >= 11 is 3.45. The first kappa shape index (κ1) is 30.4. The molecule has 0 fully saturated rings. The fourth-order valence-corrected chi connectivity index (χ4v) is 4.51. The molecule has 0 aliphatic heterocycles. The van der Waals surface area contributed by atoms with Gasteiger partial charge in [0.25, 0.3) is 0 Å². The first-order valence-electron chi connectivity index (χ1n) is 13.3. The second-order valence-electron chi connectivity index (χ2n) is 9.05. The number of ether oxygens (including phenoxy) is 4. The van der Waals surface area contributed by atoms with Crippen LogP contribution in [0.15, 0.2) is 74.7 Å². The number of furan rings is 1. The van der Waals surface area contributed by atoms with Crippen LogP contribution in [0.4, 0.5) is 0 Å². The maximum absolute atomic E-state index is 12.6. The van der Waals surface area contributed by atoms with Crippen molar-refractivity contribution in [3.05, 3.63) is 93.6 Å². The summed E-state index contributed by atoms with van der Waals surface area (Å²) < 4.78 is 30.3. The summed E-state index contributed by atoms with van der Waals surface area (Å²) in [7, 11) is 0. The zero-order valence-corrected chi connectivity index (χ0v) is 25.4. The van der Waals surface area contributed by atoms with Gasteiger partial charge in [0.1, 0.15) is 18.1 Å². The maximum atomic E-state index is 12.6. The van der Waals surface area contributed by atoms with Gasteiger partial charge < -0.3 is 27.9 Å². The number of rotatable bonds is 13. The Bertz CT molecular complexity index is 1540. The molecule has 0 saturated heterocycles. The molecule has 0 spiro atoms. The van der Waals surface area contributed by atoms with Gasteiger partial charge in [0.15, 0.2) is 23.9 Å². The highest BCUT2D eigenvalue weighted by molar-refractivity contribution is 9.10. The van der Waals surface area contributed by atoms with Crippen LogP contribution in [-0.4, -0.2) is 42.5 Å². The van der Waals surface area contributed by atoms with E-state index in [0.29, 0.717) is 39.7 Å². The molecule has 0 radical (unpaired) electrons. The zero-order valence-electron chi connectivity index (χ0n) is 23.8. The number of carbonyl (C=O) groups is 2. The Kier molecular flexibility index (Phi) is 10.4. The van der Waals surface area contributed by atoms with E-state index >= 15 is 0 Å². The SMILES string of the molecule is CCOC(=O)COc1cc(Br)c(/C=N/NC(=O)c2ccc(COc3ccc(-n4c(C)ccc4C)cc3)o2)cc1OCC. The Morgan fingerprint density at radius 3 is 2.33 bits per heavy atom. The molecule has 2 aromatic carbocycles. The minimum atomic E-state index is -0.519. The molecule has 0 aliphatic rings. The first-order chi connectivity index (χ1) is 20.3. The molecule has 0 unspecified atom stereocenters. The smallest absolute Gasteiger partial charge is 0.344 e. The molecule has 4 rings (SSSR count). The Balaban J connectivity index is 1.32. The maximum Gasteiger partial charge on any atom is 0.344 e. The van der Waals surface area contributed by atoms with Gasteiger partial charge in [0.05, 0.1) is 19.4 Å². The predicted molar refractivity (Wildman–Crippen MR) is 161 cm³/mol. The van der Waals surface area contributed by atoms with Crippen LogP contribution in [0.3, 0.4) is 0 Å². The molecule has 2 heterocycles. The highest BCUT2D eigenvalue weighted by atomic mass is 79.9. The van der Waals surface area contributed by atoms with Gasteiger partial charge in [-0.1, -0.05) is 0 Å². The molecule has 1 N–H and O–H groups in total. The summed E-state index contributed by atoms with van der Waals surface area (Å²) in [6.45, 7) is 8.24. The van der Waals surface area contributed by atoms with Crippen molar-refractivity contribution in [2.45, 2.75) is 34.3 Å². The van der Waals surface area contributed by atoms with E-state index in [1.807, 2.05) is 31.2 Å². The zero-order chi connectivity index (χ0) is 30.1. The van der Waals surface area contributed by atoms with E-state index in [0.717, 1.165) is 17.1 Å². The molecule has 220 valence electrons. The highest BCUT2D eigenvalue weighted by Gasteiger charge is 2.14. The number of hydrazone groups is 1. The second-order valence-corrected chi connectivity index (χ2v) is 9.90. The molecule has 0 saturated carbocycles. The summed E-state index contributed by atoms with van der Waals surface area (Å²) in [5, 5.41) is 4.03. The van der Waals surface area contributed by atoms with Crippen molar-refractivity contribution < 1.29 is 33.0 Å². The second kappa shape index (κ2) is 14.4. The van der Waals surface area contributed by atoms with E-state index in [2.05, 4.69) is 57.0 Å². The van der Waals surface area contributed by atoms with Crippen molar-refractivity contribution in [1.82, 2.24) is 9.99 Å². The standard InChI is InChI=1S/C31H32BrN3O7/c1-5-38-28-15-22(26(32)16-29(28)41-19-30(36)39-6-2)17-33-34-31(37)27-14-13-25(42-27)18-40-24-11-9-23(10-12-24)35-20(3)7-8-21(35)4/h7-17H,5-6,18-19H2,1-4H3,(H,34,37)/b33-17+. The normalized spacial score (nSPS) is 11.0. The largest absolute Gasteiger partial charge is 0.490 e. The lowest BCUT2D eigenvalue weighted by Crippen LogP contribution is -2.17. The lowest BCUT2D eigenvalue weighted by Gasteiger charge is -2.13. The number of aromatic nitrogens is 1. The van der Waals surface area contributed by atoms with Crippen LogP contribution < -0.4 is 19.6 Å². The van der Waals surface area contributed by atoms with Crippen LogP contribution in [0.5, 0.6) is 17.2 Å². The monoisotopic (exact) mass is 637 g/mol. The topological polar surface area (TPSA) is 114 Å². The van der Waals surface area contributed by atoms with Gasteiger partial charge in [-0.2, -0.15) is 5.10 Å². The molecular weight excluding hydrogens is 606 g/mol. The van der Waals surface area contributed by atoms with Gasteiger partial charge >= 0.3 is 11.9 Å². The number of amides is 1. The van der Waals surface area contributed by atoms with Crippen molar-refractivity contribution in [1.29, 1.82) is 0 Å². The molecule has 11 heteroatoms. The number of esters is 1. The summed E-state index contributed by atoms with van der Waals surface area (Å²) in [5.41, 5.74) is 6.43. The van der Waals surface area contributed by atoms with E-state index in [4.69, 9.17) is 23.4 Å². The minimum absolute atomic E-state index is 0.0939. The number of halogens is 1. The van der Waals surface area contributed by atoms with Crippen molar-refractivity contribution in [2.75, 3.05) is 19.8 Å². The molecule has 4 aromatic rings. The van der Waals surface area contributed by atoms with Crippen LogP contribution in [0, 0.1) is 13.8 Å².